The van der Waals surface area contributed by atoms with Crippen LogP contribution in [-0.2, 0) is 9.53 Å². The molecule has 18 heavy (non-hydrogen) atoms. The Morgan fingerprint density at radius 2 is 2.28 bits per heavy atom. The van der Waals surface area contributed by atoms with Gasteiger partial charge >= 0.3 is 0 Å². The molecule has 0 bridgehead atoms. The first-order valence-corrected chi connectivity index (χ1v) is 6.61. The molecular formula is C15H20O3. The SMILES string of the molecule is C=C(C)C1CC2(C)C(=CC1=O)C1OC1C(O)C2C. The zero-order valence-electron chi connectivity index (χ0n) is 11.1. The van der Waals surface area contributed by atoms with E-state index >= 15 is 0 Å². The molecule has 0 aromatic heterocycles. The Bertz CT molecular complexity index is 464. The Balaban J connectivity index is 2.04. The summed E-state index contributed by atoms with van der Waals surface area (Å²) in [5.74, 6) is 0.152. The fourth-order valence-corrected chi connectivity index (χ4v) is 3.63. The van der Waals surface area contributed by atoms with Crippen molar-refractivity contribution in [1.82, 2.24) is 0 Å². The van der Waals surface area contributed by atoms with Crippen LogP contribution in [0.1, 0.15) is 27.2 Å². The second-order valence-corrected chi connectivity index (χ2v) is 6.32. The fraction of sp³-hybridized carbons (Fsp3) is 0.667. The van der Waals surface area contributed by atoms with Gasteiger partial charge < -0.3 is 9.84 Å². The number of epoxide rings is 1. The topological polar surface area (TPSA) is 49.8 Å². The Kier molecular flexibility index (Phi) is 2.39. The minimum absolute atomic E-state index is 0.0313. The van der Waals surface area contributed by atoms with E-state index in [1.807, 2.05) is 6.92 Å². The molecule has 0 aromatic carbocycles. The molecule has 98 valence electrons. The quantitative estimate of drug-likeness (QED) is 0.569. The number of rotatable bonds is 1. The Morgan fingerprint density at radius 1 is 1.61 bits per heavy atom. The molecule has 0 radical (unpaired) electrons. The van der Waals surface area contributed by atoms with Crippen LogP contribution >= 0.6 is 0 Å². The van der Waals surface area contributed by atoms with Crippen LogP contribution in [-0.4, -0.2) is 29.2 Å². The standard InChI is InChI=1S/C15H20O3/c1-7(2)9-6-15(4)8(3)12(17)14-13(18-14)10(15)5-11(9)16/h5,8-9,12-14,17H,1,6H2,2-4H3. The van der Waals surface area contributed by atoms with Crippen LogP contribution in [0.4, 0.5) is 0 Å². The molecular weight excluding hydrogens is 228 g/mol. The van der Waals surface area contributed by atoms with E-state index in [2.05, 4.69) is 20.4 Å². The lowest BCUT2D eigenvalue weighted by molar-refractivity contribution is -0.119. The normalized spacial score (nSPS) is 50.1. The lowest BCUT2D eigenvalue weighted by atomic mass is 9.57. The molecule has 6 unspecified atom stereocenters. The van der Waals surface area contributed by atoms with E-state index in [4.69, 9.17) is 4.74 Å². The third-order valence-corrected chi connectivity index (χ3v) is 5.21. The molecule has 1 heterocycles. The van der Waals surface area contributed by atoms with Gasteiger partial charge in [0.2, 0.25) is 0 Å². The first-order chi connectivity index (χ1) is 8.36. The van der Waals surface area contributed by atoms with E-state index < -0.39 is 6.10 Å². The van der Waals surface area contributed by atoms with Gasteiger partial charge in [0.1, 0.15) is 12.2 Å². The second-order valence-electron chi connectivity index (χ2n) is 6.32. The van der Waals surface area contributed by atoms with Crippen LogP contribution in [0.2, 0.25) is 0 Å². The fourth-order valence-electron chi connectivity index (χ4n) is 3.63. The van der Waals surface area contributed by atoms with Gasteiger partial charge in [0.05, 0.1) is 6.10 Å². The van der Waals surface area contributed by atoms with Crippen molar-refractivity contribution >= 4 is 5.78 Å². The number of ketones is 1. The molecule has 2 aliphatic carbocycles. The highest BCUT2D eigenvalue weighted by Gasteiger charge is 2.62. The smallest absolute Gasteiger partial charge is 0.162 e. The van der Waals surface area contributed by atoms with Crippen molar-refractivity contribution in [3.63, 3.8) is 0 Å². The maximum absolute atomic E-state index is 12.1. The molecule has 3 nitrogen and oxygen atoms in total. The van der Waals surface area contributed by atoms with Crippen molar-refractivity contribution in [3.8, 4) is 0 Å². The van der Waals surface area contributed by atoms with Crippen LogP contribution in [0, 0.1) is 17.3 Å². The number of hydrogen-bond donors (Lipinski definition) is 1. The molecule has 3 rings (SSSR count). The monoisotopic (exact) mass is 248 g/mol. The van der Waals surface area contributed by atoms with Gasteiger partial charge in [-0.2, -0.15) is 0 Å². The zero-order chi connectivity index (χ0) is 13.2. The predicted octanol–water partition coefficient (Wildman–Crippen LogP) is 1.86. The Hall–Kier alpha value is -0.930. The number of aliphatic hydroxyl groups is 1. The van der Waals surface area contributed by atoms with Crippen molar-refractivity contribution in [2.24, 2.45) is 17.3 Å². The average Bonchev–Trinajstić information content (AvgIpc) is 3.08. The summed E-state index contributed by atoms with van der Waals surface area (Å²) in [6, 6.07) is 0. The van der Waals surface area contributed by atoms with E-state index in [0.717, 1.165) is 17.6 Å². The van der Waals surface area contributed by atoms with Crippen LogP contribution in [0.5, 0.6) is 0 Å². The first kappa shape index (κ1) is 12.1. The third kappa shape index (κ3) is 1.41. The molecule has 3 heteroatoms. The number of hydrogen-bond acceptors (Lipinski definition) is 3. The third-order valence-electron chi connectivity index (χ3n) is 5.21. The van der Waals surface area contributed by atoms with Gasteiger partial charge in [-0.15, -0.1) is 0 Å². The largest absolute Gasteiger partial charge is 0.390 e. The summed E-state index contributed by atoms with van der Waals surface area (Å²) in [5.41, 5.74) is 1.86. The molecule has 1 saturated heterocycles. The van der Waals surface area contributed by atoms with Gasteiger partial charge in [-0.25, -0.2) is 0 Å². The molecule has 0 aromatic rings. The van der Waals surface area contributed by atoms with Gasteiger partial charge in [-0.1, -0.05) is 26.0 Å². The van der Waals surface area contributed by atoms with E-state index in [1.54, 1.807) is 6.08 Å². The molecule has 0 amide bonds. The Morgan fingerprint density at radius 3 is 2.89 bits per heavy atom. The second kappa shape index (κ2) is 3.55. The Labute approximate surface area is 108 Å². The van der Waals surface area contributed by atoms with Crippen LogP contribution < -0.4 is 0 Å². The lowest BCUT2D eigenvalue weighted by Crippen LogP contribution is -2.48. The number of allylic oxidation sites excluding steroid dienone is 2. The molecule has 1 N–H and O–H groups in total. The maximum atomic E-state index is 12.1. The van der Waals surface area contributed by atoms with Crippen LogP contribution in [0.25, 0.3) is 0 Å². The van der Waals surface area contributed by atoms with Crippen LogP contribution in [0.3, 0.4) is 0 Å². The van der Waals surface area contributed by atoms with Gasteiger partial charge in [-0.05, 0) is 36.3 Å². The number of carbonyl (C=O) groups excluding carboxylic acids is 1. The molecule has 1 aliphatic heterocycles. The van der Waals surface area contributed by atoms with Crippen molar-refractivity contribution in [1.29, 1.82) is 0 Å². The lowest BCUT2D eigenvalue weighted by Gasteiger charge is -2.46. The summed E-state index contributed by atoms with van der Waals surface area (Å²) in [6.07, 6.45) is 1.97. The number of aliphatic hydroxyl groups excluding tert-OH is 1. The van der Waals surface area contributed by atoms with E-state index in [9.17, 15) is 9.90 Å². The van der Waals surface area contributed by atoms with Crippen LogP contribution in [0.15, 0.2) is 23.8 Å². The predicted molar refractivity (Wildman–Crippen MR) is 67.9 cm³/mol. The van der Waals surface area contributed by atoms with Gasteiger partial charge in [0.15, 0.2) is 5.78 Å². The highest BCUT2D eigenvalue weighted by atomic mass is 16.6. The average molecular weight is 248 g/mol. The molecule has 3 aliphatic rings. The minimum Gasteiger partial charge on any atom is -0.390 e. The number of ether oxygens (including phenoxy) is 1. The highest BCUT2D eigenvalue weighted by Crippen LogP contribution is 2.58. The summed E-state index contributed by atoms with van der Waals surface area (Å²) < 4.78 is 5.55. The van der Waals surface area contributed by atoms with Gasteiger partial charge in [0.25, 0.3) is 0 Å². The maximum Gasteiger partial charge on any atom is 0.162 e. The van der Waals surface area contributed by atoms with Gasteiger partial charge in [0, 0.05) is 5.92 Å². The minimum atomic E-state index is -0.420. The summed E-state index contributed by atoms with van der Waals surface area (Å²) in [6.45, 7) is 10.0. The summed E-state index contributed by atoms with van der Waals surface area (Å²) in [4.78, 5) is 12.1. The zero-order valence-corrected chi connectivity index (χ0v) is 11.1. The number of fused-ring (bicyclic) bond motifs is 3. The van der Waals surface area contributed by atoms with E-state index in [0.29, 0.717) is 0 Å². The molecule has 0 spiro atoms. The first-order valence-electron chi connectivity index (χ1n) is 6.61. The molecule has 2 fully saturated rings. The van der Waals surface area contributed by atoms with Crippen molar-refractivity contribution in [3.05, 3.63) is 23.8 Å². The van der Waals surface area contributed by atoms with E-state index in [1.165, 1.54) is 0 Å². The van der Waals surface area contributed by atoms with Crippen molar-refractivity contribution in [2.45, 2.75) is 45.5 Å². The summed E-state index contributed by atoms with van der Waals surface area (Å²) in [7, 11) is 0. The van der Waals surface area contributed by atoms with Crippen molar-refractivity contribution in [2.75, 3.05) is 0 Å². The number of carbonyl (C=O) groups is 1. The molecule has 1 saturated carbocycles. The van der Waals surface area contributed by atoms with Crippen molar-refractivity contribution < 1.29 is 14.6 Å². The summed E-state index contributed by atoms with van der Waals surface area (Å²) in [5, 5.41) is 10.2. The van der Waals surface area contributed by atoms with Gasteiger partial charge in [-0.3, -0.25) is 4.79 Å². The summed E-state index contributed by atoms with van der Waals surface area (Å²) >= 11 is 0. The highest BCUT2D eigenvalue weighted by molar-refractivity contribution is 5.96. The van der Waals surface area contributed by atoms with E-state index in [-0.39, 0.29) is 35.2 Å². The molecule has 6 atom stereocenters.